The summed E-state index contributed by atoms with van der Waals surface area (Å²) in [7, 11) is -1.12. The molecule has 2 rings (SSSR count). The molecule has 0 aliphatic heterocycles. The van der Waals surface area contributed by atoms with Gasteiger partial charge in [0.05, 0.1) is 5.56 Å². The first-order valence-electron chi connectivity index (χ1n) is 6.74. The van der Waals surface area contributed by atoms with Crippen LogP contribution in [0.2, 0.25) is 25.7 Å². The van der Waals surface area contributed by atoms with Gasteiger partial charge in [-0.3, -0.25) is 0 Å². The molecule has 5 nitrogen and oxygen atoms in total. The zero-order valence-electron chi connectivity index (χ0n) is 12.4. The third kappa shape index (κ3) is 4.70. The van der Waals surface area contributed by atoms with Gasteiger partial charge in [-0.1, -0.05) is 19.6 Å². The van der Waals surface area contributed by atoms with Crippen molar-refractivity contribution in [2.24, 2.45) is 0 Å². The van der Waals surface area contributed by atoms with Gasteiger partial charge in [-0.25, -0.2) is 9.78 Å². The van der Waals surface area contributed by atoms with Crippen LogP contribution in [-0.2, 0) is 11.5 Å². The van der Waals surface area contributed by atoms with Crippen molar-refractivity contribution < 1.29 is 14.6 Å². The van der Waals surface area contributed by atoms with E-state index in [4.69, 9.17) is 4.74 Å². The number of carboxylic acid groups (broad SMARTS) is 1. The standard InChI is InChI=1S/C14H19BrN2O3Si.Li.H/c1-21(2,3)7-6-20-9-17-8-10(14(18)19)12-11(15)4-5-16-13(12)17;;/h4-5,8H,6-7,9H2,1-3H3,(H,18,19);;. The molecule has 0 amide bonds. The average molecular weight is 379 g/mol. The summed E-state index contributed by atoms with van der Waals surface area (Å²) in [6, 6.07) is 2.82. The molecular weight excluding hydrogens is 359 g/mol. The summed E-state index contributed by atoms with van der Waals surface area (Å²) in [5, 5.41) is 9.91. The van der Waals surface area contributed by atoms with Crippen LogP contribution >= 0.6 is 15.9 Å². The molecule has 0 radical (unpaired) electrons. The van der Waals surface area contributed by atoms with Gasteiger partial charge in [0.1, 0.15) is 12.4 Å². The van der Waals surface area contributed by atoms with Crippen molar-refractivity contribution in [2.75, 3.05) is 6.61 Å². The first kappa shape index (κ1) is 19.5. The number of carboxylic acids is 1. The molecule has 2 aromatic heterocycles. The molecule has 0 fully saturated rings. The number of aromatic nitrogens is 2. The van der Waals surface area contributed by atoms with Gasteiger partial charge >= 0.3 is 24.8 Å². The Balaban J connectivity index is 0.00000242. The molecule has 2 aromatic rings. The van der Waals surface area contributed by atoms with E-state index in [9.17, 15) is 9.90 Å². The van der Waals surface area contributed by atoms with Crippen LogP contribution in [0.3, 0.4) is 0 Å². The number of hydrogen-bond donors (Lipinski definition) is 1. The van der Waals surface area contributed by atoms with Gasteiger partial charge in [0.15, 0.2) is 0 Å². The van der Waals surface area contributed by atoms with E-state index in [0.29, 0.717) is 24.4 Å². The molecule has 1 N–H and O–H groups in total. The topological polar surface area (TPSA) is 64.3 Å². The normalized spacial score (nSPS) is 11.5. The van der Waals surface area contributed by atoms with Crippen LogP contribution in [0.5, 0.6) is 0 Å². The third-order valence-electron chi connectivity index (χ3n) is 3.16. The Morgan fingerprint density at radius 2 is 2.14 bits per heavy atom. The van der Waals surface area contributed by atoms with Crippen LogP contribution in [-0.4, -0.2) is 54.2 Å². The van der Waals surface area contributed by atoms with Crippen molar-refractivity contribution in [3.8, 4) is 0 Å². The number of pyridine rings is 1. The average Bonchev–Trinajstić information content (AvgIpc) is 2.74. The number of nitrogens with zero attached hydrogens (tertiary/aromatic N) is 2. The molecule has 0 unspecified atom stereocenters. The van der Waals surface area contributed by atoms with Gasteiger partial charge in [0, 0.05) is 36.9 Å². The number of fused-ring (bicyclic) bond motifs is 1. The van der Waals surface area contributed by atoms with Gasteiger partial charge in [0.25, 0.3) is 0 Å². The summed E-state index contributed by atoms with van der Waals surface area (Å²) in [5.74, 6) is -0.963. The number of carbonyl (C=O) groups is 1. The van der Waals surface area contributed by atoms with Crippen molar-refractivity contribution in [1.29, 1.82) is 0 Å². The van der Waals surface area contributed by atoms with E-state index < -0.39 is 14.0 Å². The van der Waals surface area contributed by atoms with Crippen molar-refractivity contribution in [3.05, 3.63) is 28.5 Å². The molecule has 2 heterocycles. The molecule has 8 heteroatoms. The van der Waals surface area contributed by atoms with Crippen molar-refractivity contribution in [2.45, 2.75) is 32.4 Å². The second-order valence-electron chi connectivity index (χ2n) is 6.16. The number of ether oxygens (including phenoxy) is 1. The van der Waals surface area contributed by atoms with Gasteiger partial charge in [-0.2, -0.15) is 0 Å². The van der Waals surface area contributed by atoms with Gasteiger partial charge in [0.2, 0.25) is 0 Å². The summed E-state index contributed by atoms with van der Waals surface area (Å²) in [6.45, 7) is 7.89. The monoisotopic (exact) mass is 378 g/mol. The zero-order chi connectivity index (χ0) is 15.6. The van der Waals surface area contributed by atoms with Crippen molar-refractivity contribution >= 4 is 59.9 Å². The molecule has 0 aliphatic rings. The SMILES string of the molecule is C[Si](C)(C)CCOCn1cc(C(=O)O)c2c(Br)ccnc21.[LiH]. The fourth-order valence-corrected chi connectivity index (χ4v) is 3.24. The number of rotatable bonds is 6. The van der Waals surface area contributed by atoms with Gasteiger partial charge in [-0.05, 0) is 28.0 Å². The van der Waals surface area contributed by atoms with Crippen molar-refractivity contribution in [1.82, 2.24) is 9.55 Å². The minimum absolute atomic E-state index is 0. The second-order valence-corrected chi connectivity index (χ2v) is 12.6. The Labute approximate surface area is 151 Å². The Morgan fingerprint density at radius 1 is 1.45 bits per heavy atom. The summed E-state index contributed by atoms with van der Waals surface area (Å²) in [6.07, 6.45) is 3.23. The Morgan fingerprint density at radius 3 is 2.73 bits per heavy atom. The van der Waals surface area contributed by atoms with E-state index in [1.165, 1.54) is 0 Å². The molecule has 0 aromatic carbocycles. The first-order chi connectivity index (χ1) is 9.79. The molecular formula is C14H20BrLiN2O3Si. The van der Waals surface area contributed by atoms with Crippen LogP contribution in [0.15, 0.2) is 22.9 Å². The maximum atomic E-state index is 11.3. The van der Waals surface area contributed by atoms with Gasteiger partial charge < -0.3 is 14.4 Å². The van der Waals surface area contributed by atoms with Crippen LogP contribution in [0.25, 0.3) is 11.0 Å². The fraction of sp³-hybridized carbons (Fsp3) is 0.429. The molecule has 116 valence electrons. The maximum absolute atomic E-state index is 11.3. The summed E-state index contributed by atoms with van der Waals surface area (Å²) in [4.78, 5) is 15.6. The zero-order valence-corrected chi connectivity index (χ0v) is 15.0. The predicted octanol–water partition coefficient (Wildman–Crippen LogP) is 3.16. The minimum atomic E-state index is -1.12. The molecule has 0 bridgehead atoms. The van der Waals surface area contributed by atoms with Crippen molar-refractivity contribution in [3.63, 3.8) is 0 Å². The van der Waals surface area contributed by atoms with Gasteiger partial charge in [-0.15, -0.1) is 0 Å². The summed E-state index contributed by atoms with van der Waals surface area (Å²) >= 11 is 3.39. The first-order valence-corrected chi connectivity index (χ1v) is 11.2. The predicted molar refractivity (Wildman–Crippen MR) is 95.6 cm³/mol. The number of halogens is 1. The van der Waals surface area contributed by atoms with E-state index in [1.807, 2.05) is 0 Å². The van der Waals surface area contributed by atoms with E-state index in [-0.39, 0.29) is 24.4 Å². The summed E-state index contributed by atoms with van der Waals surface area (Å²) < 4.78 is 8.16. The number of aromatic carboxylic acids is 1. The third-order valence-corrected chi connectivity index (χ3v) is 5.53. The van der Waals surface area contributed by atoms with Crippen LogP contribution in [0, 0.1) is 0 Å². The van der Waals surface area contributed by atoms with Crippen LogP contribution in [0.1, 0.15) is 10.4 Å². The summed E-state index contributed by atoms with van der Waals surface area (Å²) in [5.41, 5.74) is 0.855. The molecule has 0 saturated heterocycles. The molecule has 0 spiro atoms. The van der Waals surface area contributed by atoms with E-state index in [0.717, 1.165) is 10.5 Å². The Bertz CT molecular complexity index is 670. The van der Waals surface area contributed by atoms with E-state index in [1.54, 1.807) is 23.0 Å². The number of hydrogen-bond acceptors (Lipinski definition) is 3. The second kappa shape index (κ2) is 7.80. The molecule has 22 heavy (non-hydrogen) atoms. The quantitative estimate of drug-likeness (QED) is 0.619. The molecule has 0 saturated carbocycles. The van der Waals surface area contributed by atoms with E-state index >= 15 is 0 Å². The molecule has 0 aliphatic carbocycles. The molecule has 0 atom stereocenters. The van der Waals surface area contributed by atoms with Crippen LogP contribution < -0.4 is 0 Å². The Kier molecular flexibility index (Phi) is 6.90. The fourth-order valence-electron chi connectivity index (χ4n) is 1.98. The Hall–Kier alpha value is -0.586. The van der Waals surface area contributed by atoms with E-state index in [2.05, 4.69) is 40.6 Å². The van der Waals surface area contributed by atoms with Crippen LogP contribution in [0.4, 0.5) is 0 Å².